The Morgan fingerprint density at radius 3 is 2.70 bits per heavy atom. The fourth-order valence-corrected chi connectivity index (χ4v) is 2.76. The largest absolute Gasteiger partial charge is 0.409 e. The number of carbonyl (C=O) groups is 1. The lowest BCUT2D eigenvalue weighted by molar-refractivity contribution is -0.132. The van der Waals surface area contributed by atoms with Gasteiger partial charge in [-0.15, -0.1) is 0 Å². The van der Waals surface area contributed by atoms with Crippen LogP contribution < -0.4 is 11.1 Å². The van der Waals surface area contributed by atoms with E-state index in [0.29, 0.717) is 32.6 Å². The summed E-state index contributed by atoms with van der Waals surface area (Å²) in [5.74, 6) is -0.242. The molecule has 1 atom stereocenters. The second-order valence-electron chi connectivity index (χ2n) is 5.38. The maximum atomic E-state index is 12.5. The zero-order valence-electron chi connectivity index (χ0n) is 11.6. The number of nitrogens with one attached hydrogen (secondary N) is 1. The molecular weight excluding hydrogens is 262 g/mol. The third-order valence-electron chi connectivity index (χ3n) is 4.14. The van der Waals surface area contributed by atoms with E-state index in [4.69, 9.17) is 20.4 Å². The highest BCUT2D eigenvalue weighted by Gasteiger charge is 2.44. The van der Waals surface area contributed by atoms with Gasteiger partial charge in [0.25, 0.3) is 0 Å². The molecule has 0 aromatic heterocycles. The van der Waals surface area contributed by atoms with E-state index in [-0.39, 0.29) is 17.8 Å². The fourth-order valence-electron chi connectivity index (χ4n) is 2.76. The molecule has 2 rings (SSSR count). The SMILES string of the molecule is NC(=NO)C1(C(=O)NCC2CCCCO2)CCOCC1. The Morgan fingerprint density at radius 2 is 2.10 bits per heavy atom. The molecule has 2 aliphatic rings. The van der Waals surface area contributed by atoms with Crippen molar-refractivity contribution in [2.24, 2.45) is 16.3 Å². The summed E-state index contributed by atoms with van der Waals surface area (Å²) in [5.41, 5.74) is 4.79. The molecule has 20 heavy (non-hydrogen) atoms. The van der Waals surface area contributed by atoms with Crippen LogP contribution in [0.15, 0.2) is 5.16 Å². The summed E-state index contributed by atoms with van der Waals surface area (Å²) in [7, 11) is 0. The van der Waals surface area contributed by atoms with Crippen molar-refractivity contribution >= 4 is 11.7 Å². The van der Waals surface area contributed by atoms with Crippen LogP contribution in [0.1, 0.15) is 32.1 Å². The lowest BCUT2D eigenvalue weighted by atomic mass is 9.78. The van der Waals surface area contributed by atoms with E-state index in [1.54, 1.807) is 0 Å². The van der Waals surface area contributed by atoms with Crippen LogP contribution in [0.5, 0.6) is 0 Å². The Kier molecular flexibility index (Phi) is 5.19. The predicted molar refractivity (Wildman–Crippen MR) is 72.5 cm³/mol. The first-order chi connectivity index (χ1) is 9.69. The minimum atomic E-state index is -0.957. The van der Waals surface area contributed by atoms with Crippen molar-refractivity contribution in [3.8, 4) is 0 Å². The Balaban J connectivity index is 1.96. The summed E-state index contributed by atoms with van der Waals surface area (Å²) in [6.07, 6.45) is 4.09. The summed E-state index contributed by atoms with van der Waals surface area (Å²) in [4.78, 5) is 12.5. The van der Waals surface area contributed by atoms with Crippen molar-refractivity contribution in [3.63, 3.8) is 0 Å². The van der Waals surface area contributed by atoms with Crippen LogP contribution in [0.4, 0.5) is 0 Å². The van der Waals surface area contributed by atoms with Crippen molar-refractivity contribution in [3.05, 3.63) is 0 Å². The molecule has 0 saturated carbocycles. The van der Waals surface area contributed by atoms with E-state index in [0.717, 1.165) is 25.9 Å². The number of carbonyl (C=O) groups excluding carboxylic acids is 1. The molecule has 4 N–H and O–H groups in total. The van der Waals surface area contributed by atoms with Gasteiger partial charge in [-0.05, 0) is 32.1 Å². The summed E-state index contributed by atoms with van der Waals surface area (Å²) in [5, 5.41) is 14.9. The molecule has 114 valence electrons. The molecule has 2 aliphatic heterocycles. The van der Waals surface area contributed by atoms with Gasteiger partial charge in [0.05, 0.1) is 6.10 Å². The highest BCUT2D eigenvalue weighted by atomic mass is 16.5. The van der Waals surface area contributed by atoms with E-state index in [2.05, 4.69) is 10.5 Å². The van der Waals surface area contributed by atoms with Crippen LogP contribution >= 0.6 is 0 Å². The minimum Gasteiger partial charge on any atom is -0.409 e. The maximum absolute atomic E-state index is 12.5. The second-order valence-corrected chi connectivity index (χ2v) is 5.38. The standard InChI is InChI=1S/C13H23N3O4/c14-11(16-18)13(4-7-19-8-5-13)12(17)15-9-10-3-1-2-6-20-10/h10,18H,1-9H2,(H2,14,16)(H,15,17). The summed E-state index contributed by atoms with van der Waals surface area (Å²) in [6, 6.07) is 0. The summed E-state index contributed by atoms with van der Waals surface area (Å²) >= 11 is 0. The molecule has 2 heterocycles. The Labute approximate surface area is 118 Å². The predicted octanol–water partition coefficient (Wildman–Crippen LogP) is 0.215. The van der Waals surface area contributed by atoms with Crippen molar-refractivity contribution in [1.29, 1.82) is 0 Å². The van der Waals surface area contributed by atoms with Crippen LogP contribution in [0.2, 0.25) is 0 Å². The maximum Gasteiger partial charge on any atom is 0.234 e. The normalized spacial score (nSPS) is 27.0. The quantitative estimate of drug-likeness (QED) is 0.296. The molecule has 0 radical (unpaired) electrons. The zero-order chi connectivity index (χ0) is 14.4. The van der Waals surface area contributed by atoms with Gasteiger partial charge in [0.2, 0.25) is 5.91 Å². The van der Waals surface area contributed by atoms with Crippen LogP contribution in [-0.2, 0) is 14.3 Å². The Morgan fingerprint density at radius 1 is 1.35 bits per heavy atom. The molecule has 0 aliphatic carbocycles. The molecular formula is C13H23N3O4. The molecule has 0 aromatic carbocycles. The van der Waals surface area contributed by atoms with Crippen LogP contribution in [0.3, 0.4) is 0 Å². The molecule has 7 nitrogen and oxygen atoms in total. The fraction of sp³-hybridized carbons (Fsp3) is 0.846. The smallest absolute Gasteiger partial charge is 0.234 e. The molecule has 1 unspecified atom stereocenters. The van der Waals surface area contributed by atoms with E-state index in [1.165, 1.54) is 0 Å². The topological polar surface area (TPSA) is 106 Å². The van der Waals surface area contributed by atoms with Crippen LogP contribution in [-0.4, -0.2) is 49.4 Å². The number of nitrogens with zero attached hydrogens (tertiary/aromatic N) is 1. The Bertz CT molecular complexity index is 361. The van der Waals surface area contributed by atoms with Crippen LogP contribution in [0, 0.1) is 5.41 Å². The van der Waals surface area contributed by atoms with Crippen molar-refractivity contribution in [1.82, 2.24) is 5.32 Å². The second kappa shape index (κ2) is 6.90. The van der Waals surface area contributed by atoms with E-state index >= 15 is 0 Å². The van der Waals surface area contributed by atoms with Crippen molar-refractivity contribution in [2.75, 3.05) is 26.4 Å². The number of oxime groups is 1. The first-order valence-electron chi connectivity index (χ1n) is 7.15. The van der Waals surface area contributed by atoms with Crippen molar-refractivity contribution in [2.45, 2.75) is 38.2 Å². The molecule has 0 spiro atoms. The number of ether oxygens (including phenoxy) is 2. The summed E-state index contributed by atoms with van der Waals surface area (Å²) < 4.78 is 10.9. The highest BCUT2D eigenvalue weighted by Crippen LogP contribution is 2.31. The molecule has 2 fully saturated rings. The van der Waals surface area contributed by atoms with Gasteiger partial charge < -0.3 is 25.7 Å². The number of nitrogens with two attached hydrogens (primary N) is 1. The molecule has 2 saturated heterocycles. The first-order valence-corrected chi connectivity index (χ1v) is 7.15. The number of hydrogen-bond acceptors (Lipinski definition) is 5. The molecule has 7 heteroatoms. The van der Waals surface area contributed by atoms with Gasteiger partial charge in [-0.1, -0.05) is 5.16 Å². The van der Waals surface area contributed by atoms with Crippen molar-refractivity contribution < 1.29 is 19.5 Å². The third-order valence-corrected chi connectivity index (χ3v) is 4.14. The van der Waals surface area contributed by atoms with Gasteiger partial charge in [-0.25, -0.2) is 0 Å². The average Bonchev–Trinajstić information content (AvgIpc) is 2.53. The number of rotatable bonds is 4. The van der Waals surface area contributed by atoms with Gasteiger partial charge in [-0.2, -0.15) is 0 Å². The lowest BCUT2D eigenvalue weighted by Crippen LogP contribution is -2.54. The summed E-state index contributed by atoms with van der Waals surface area (Å²) in [6.45, 7) is 2.09. The zero-order valence-corrected chi connectivity index (χ0v) is 11.6. The molecule has 1 amide bonds. The van der Waals surface area contributed by atoms with Gasteiger partial charge >= 0.3 is 0 Å². The number of amides is 1. The number of hydrogen-bond donors (Lipinski definition) is 3. The third kappa shape index (κ3) is 3.21. The Hall–Kier alpha value is -1.34. The molecule has 0 bridgehead atoms. The van der Waals surface area contributed by atoms with Crippen LogP contribution in [0.25, 0.3) is 0 Å². The van der Waals surface area contributed by atoms with E-state index in [1.807, 2.05) is 0 Å². The van der Waals surface area contributed by atoms with E-state index in [9.17, 15) is 4.79 Å². The van der Waals surface area contributed by atoms with Gasteiger partial charge in [0, 0.05) is 26.4 Å². The lowest BCUT2D eigenvalue weighted by Gasteiger charge is -2.35. The highest BCUT2D eigenvalue weighted by molar-refractivity contribution is 6.06. The monoisotopic (exact) mass is 285 g/mol. The average molecular weight is 285 g/mol. The number of amidine groups is 1. The minimum absolute atomic E-state index is 0.0390. The molecule has 0 aromatic rings. The van der Waals surface area contributed by atoms with Gasteiger partial charge in [-0.3, -0.25) is 4.79 Å². The first kappa shape index (κ1) is 15.1. The van der Waals surface area contributed by atoms with Gasteiger partial charge in [0.15, 0.2) is 5.84 Å². The van der Waals surface area contributed by atoms with E-state index < -0.39 is 5.41 Å². The van der Waals surface area contributed by atoms with Gasteiger partial charge in [0.1, 0.15) is 5.41 Å².